The van der Waals surface area contributed by atoms with Crippen molar-refractivity contribution in [3.63, 3.8) is 0 Å². The second-order valence-electron chi connectivity index (χ2n) is 7.21. The molecule has 4 rings (SSSR count). The molecule has 29 heavy (non-hydrogen) atoms. The first-order valence-electron chi connectivity index (χ1n) is 8.75. The van der Waals surface area contributed by atoms with E-state index in [4.69, 9.17) is 28.1 Å². The number of hydrogen-bond acceptors (Lipinski definition) is 8. The Labute approximate surface area is 169 Å². The first kappa shape index (κ1) is 21.4. The van der Waals surface area contributed by atoms with E-state index in [9.17, 15) is 10.2 Å². The third kappa shape index (κ3) is 4.06. The highest BCUT2D eigenvalue weighted by atomic mass is 35.7. The Morgan fingerprint density at radius 2 is 1.45 bits per heavy atom. The van der Waals surface area contributed by atoms with E-state index in [2.05, 4.69) is 7.05 Å². The van der Waals surface area contributed by atoms with Gasteiger partial charge in [0.1, 0.15) is 11.7 Å². The summed E-state index contributed by atoms with van der Waals surface area (Å²) in [6.07, 6.45) is 1.77. The van der Waals surface area contributed by atoms with Gasteiger partial charge in [0, 0.05) is 30.0 Å². The predicted molar refractivity (Wildman–Crippen MR) is 92.1 cm³/mol. The highest BCUT2D eigenvalue weighted by Gasteiger charge is 2.48. The van der Waals surface area contributed by atoms with Gasteiger partial charge in [0.2, 0.25) is 0 Å². The summed E-state index contributed by atoms with van der Waals surface area (Å²) in [6.45, 7) is 0.949. The van der Waals surface area contributed by atoms with Crippen LogP contribution in [0.5, 0.6) is 23.0 Å². The normalized spacial score (nSPS) is 22.0. The molecule has 0 radical (unpaired) electrons. The summed E-state index contributed by atoms with van der Waals surface area (Å²) in [4.78, 5) is 0. The molecule has 158 valence electrons. The van der Waals surface area contributed by atoms with Crippen LogP contribution in [0.1, 0.15) is 22.7 Å². The lowest BCUT2D eigenvalue weighted by Gasteiger charge is -2.41. The molecule has 2 heterocycles. The zero-order valence-electron chi connectivity index (χ0n) is 16.2. The maximum absolute atomic E-state index is 10.2. The zero-order chi connectivity index (χ0) is 21.6. The maximum atomic E-state index is 10.2. The Balaban J connectivity index is 0.000000431. The van der Waals surface area contributed by atoms with E-state index >= 15 is 0 Å². The number of fused-ring (bicyclic) bond motifs is 5. The van der Waals surface area contributed by atoms with Crippen LogP contribution in [-0.2, 0) is 12.8 Å². The van der Waals surface area contributed by atoms with E-state index in [0.717, 1.165) is 35.1 Å². The number of phenolic OH excluding ortho intramolecular Hbond substituents is 2. The number of quaternary nitrogens is 1. The number of aromatic hydroxyl groups is 2. The van der Waals surface area contributed by atoms with E-state index in [1.165, 1.54) is 11.1 Å². The topological polar surface area (TPSA) is 151 Å². The lowest BCUT2D eigenvalue weighted by Crippen LogP contribution is -2.68. The van der Waals surface area contributed by atoms with Crippen LogP contribution < -0.4 is 32.6 Å². The molecule has 0 aromatic heterocycles. The molecule has 2 aromatic rings. The first-order valence-corrected chi connectivity index (χ1v) is 9.98. The van der Waals surface area contributed by atoms with Crippen molar-refractivity contribution in [2.45, 2.75) is 18.9 Å². The Morgan fingerprint density at radius 3 is 2.00 bits per heavy atom. The van der Waals surface area contributed by atoms with Crippen LogP contribution in [0.25, 0.3) is 0 Å². The Bertz CT molecular complexity index is 923. The third-order valence-electron chi connectivity index (χ3n) is 5.68. The molecule has 0 unspecified atom stereocenters. The molecule has 9 nitrogen and oxygen atoms in total. The molecule has 0 saturated heterocycles. The fraction of sp³-hybridized carbons (Fsp3) is 0.368. The van der Waals surface area contributed by atoms with E-state index in [1.807, 2.05) is 24.3 Å². The number of halogens is 1. The standard InChI is InChI=1S/C19H21NO4.ClHO4/c1-20-5-4-11-7-18(23-2)16(21)9-13(11)15(20)6-12-8-19(24-3)17(22)10-14(12)20;2-1(3,4)5/h7-10,15H,4-6H2,1-3H3,(H-,21,22);(H,2,3,4,5)/t15-,20-;/m0./s1. The van der Waals surface area contributed by atoms with Crippen LogP contribution in [0, 0.1) is 10.2 Å². The molecule has 2 aliphatic heterocycles. The first-order chi connectivity index (χ1) is 13.5. The fourth-order valence-corrected chi connectivity index (χ4v) is 4.34. The minimum absolute atomic E-state index is 0.180. The van der Waals surface area contributed by atoms with Crippen molar-refractivity contribution in [2.24, 2.45) is 0 Å². The van der Waals surface area contributed by atoms with Gasteiger partial charge in [-0.05, 0) is 23.8 Å². The highest BCUT2D eigenvalue weighted by Crippen LogP contribution is 2.52. The number of benzene rings is 2. The Hall–Kier alpha value is -2.27. The van der Waals surface area contributed by atoms with Crippen LogP contribution in [0.2, 0.25) is 0 Å². The molecule has 10 heteroatoms. The number of methoxy groups -OCH3 is 2. The lowest BCUT2D eigenvalue weighted by molar-refractivity contribution is -2.00. The van der Waals surface area contributed by atoms with Gasteiger partial charge in [0.15, 0.2) is 23.0 Å². The molecule has 2 N–H and O–H groups in total. The number of hydrogen-bond donors (Lipinski definition) is 2. The van der Waals surface area contributed by atoms with Gasteiger partial charge in [0.25, 0.3) is 0 Å². The van der Waals surface area contributed by atoms with Crippen LogP contribution >= 0.6 is 0 Å². The van der Waals surface area contributed by atoms with Gasteiger partial charge >= 0.3 is 0 Å². The predicted octanol–water partition coefficient (Wildman–Crippen LogP) is -1.85. The molecule has 2 atom stereocenters. The molecule has 0 saturated carbocycles. The lowest BCUT2D eigenvalue weighted by atomic mass is 9.90. The summed E-state index contributed by atoms with van der Waals surface area (Å²) >= 11 is 0. The summed E-state index contributed by atoms with van der Waals surface area (Å²) in [5.41, 5.74) is 4.73. The van der Waals surface area contributed by atoms with E-state index < -0.39 is 10.2 Å². The van der Waals surface area contributed by atoms with Crippen molar-refractivity contribution in [3.8, 4) is 23.0 Å². The molecule has 0 spiro atoms. The average molecular weight is 428 g/mol. The molecule has 2 aliphatic rings. The summed E-state index contributed by atoms with van der Waals surface area (Å²) in [6, 6.07) is 7.80. The number of rotatable bonds is 2. The number of phenols is 2. The van der Waals surface area contributed by atoms with Crippen LogP contribution in [0.4, 0.5) is 5.69 Å². The third-order valence-corrected chi connectivity index (χ3v) is 5.68. The van der Waals surface area contributed by atoms with E-state index in [1.54, 1.807) is 14.2 Å². The number of likely N-dealkylation sites (N-methyl/N-ethyl adjacent to an activating group) is 1. The van der Waals surface area contributed by atoms with Gasteiger partial charge in [-0.15, -0.1) is 10.2 Å². The maximum Gasteiger partial charge on any atom is 0.163 e. The van der Waals surface area contributed by atoms with Gasteiger partial charge in [-0.2, -0.15) is 0 Å². The van der Waals surface area contributed by atoms with Crippen LogP contribution in [0.3, 0.4) is 0 Å². The summed E-state index contributed by atoms with van der Waals surface area (Å²) in [5, 5.41) is 20.4. The number of nitrogens with zero attached hydrogens (tertiary/aromatic N) is 1. The second-order valence-corrected chi connectivity index (χ2v) is 7.97. The fourth-order valence-electron chi connectivity index (χ4n) is 4.34. The van der Waals surface area contributed by atoms with Crippen LogP contribution in [-0.4, -0.2) is 38.0 Å². The van der Waals surface area contributed by atoms with Crippen molar-refractivity contribution in [3.05, 3.63) is 41.0 Å². The average Bonchev–Trinajstić information content (AvgIpc) is 2.91. The molecule has 2 aromatic carbocycles. The molecule has 0 aliphatic carbocycles. The van der Waals surface area contributed by atoms with Crippen molar-refractivity contribution >= 4 is 5.69 Å². The number of ether oxygens (including phenoxy) is 2. The molecule has 0 bridgehead atoms. The molecular weight excluding hydrogens is 406 g/mol. The van der Waals surface area contributed by atoms with Crippen molar-refractivity contribution < 1.29 is 48.6 Å². The van der Waals surface area contributed by atoms with E-state index in [0.29, 0.717) is 11.5 Å². The largest absolute Gasteiger partial charge is 0.504 e. The van der Waals surface area contributed by atoms with Gasteiger partial charge in [0.05, 0.1) is 27.8 Å². The SMILES string of the molecule is COc1cc2c(cc1O)[C@@H]1Cc3cc(OC)c(O)cc3[N@+]1(C)CC2.[O-][Cl+3]([O-])([O-])[O-]. The second kappa shape index (κ2) is 7.52. The van der Waals surface area contributed by atoms with Crippen LogP contribution in [0.15, 0.2) is 24.3 Å². The quantitative estimate of drug-likeness (QED) is 0.530. The molecular formula is C19H22ClNO8. The monoisotopic (exact) mass is 427 g/mol. The Morgan fingerprint density at radius 1 is 0.931 bits per heavy atom. The molecule has 0 fully saturated rings. The van der Waals surface area contributed by atoms with Crippen molar-refractivity contribution in [1.82, 2.24) is 4.48 Å². The summed E-state index contributed by atoms with van der Waals surface area (Å²) in [7, 11) is 0.400. The smallest absolute Gasteiger partial charge is 0.163 e. The zero-order valence-corrected chi connectivity index (χ0v) is 16.9. The summed E-state index contributed by atoms with van der Waals surface area (Å²) < 4.78 is 45.2. The van der Waals surface area contributed by atoms with Gasteiger partial charge in [-0.25, -0.2) is 18.6 Å². The highest BCUT2D eigenvalue weighted by molar-refractivity contribution is 5.65. The van der Waals surface area contributed by atoms with E-state index in [-0.39, 0.29) is 17.5 Å². The Kier molecular flexibility index (Phi) is 5.56. The van der Waals surface area contributed by atoms with Crippen molar-refractivity contribution in [2.75, 3.05) is 27.8 Å². The minimum Gasteiger partial charge on any atom is -0.504 e. The van der Waals surface area contributed by atoms with Crippen molar-refractivity contribution in [1.29, 1.82) is 0 Å². The minimum atomic E-state index is -4.94. The summed E-state index contributed by atoms with van der Waals surface area (Å²) in [5.74, 6) is 1.40. The van der Waals surface area contributed by atoms with Gasteiger partial charge in [-0.3, -0.25) is 4.48 Å². The molecule has 0 amide bonds. The van der Waals surface area contributed by atoms with Gasteiger partial charge < -0.3 is 19.7 Å². The van der Waals surface area contributed by atoms with Gasteiger partial charge in [-0.1, -0.05) is 0 Å².